The van der Waals surface area contributed by atoms with Crippen molar-refractivity contribution in [3.05, 3.63) is 54.6 Å². The number of anilines is 1. The van der Waals surface area contributed by atoms with E-state index in [-0.39, 0.29) is 21.5 Å². The average molecular weight is 568 g/mol. The van der Waals surface area contributed by atoms with Crippen LogP contribution >= 0.6 is 0 Å². The van der Waals surface area contributed by atoms with Crippen LogP contribution in [-0.2, 0) is 30.4 Å². The molecule has 0 radical (unpaired) electrons. The van der Waals surface area contributed by atoms with Crippen LogP contribution in [0.5, 0.6) is 5.75 Å². The fourth-order valence-corrected chi connectivity index (χ4v) is 5.96. The maximum absolute atomic E-state index is 12.2. The van der Waals surface area contributed by atoms with E-state index in [1.54, 1.807) is 13.1 Å². The number of hydrogen-bond acceptors (Lipinski definition) is 10. The molecule has 0 saturated heterocycles. The summed E-state index contributed by atoms with van der Waals surface area (Å²) in [7, 11) is -13.2. The van der Waals surface area contributed by atoms with E-state index in [0.717, 1.165) is 36.4 Å². The van der Waals surface area contributed by atoms with Gasteiger partial charge >= 0.3 is 0 Å². The van der Waals surface area contributed by atoms with Crippen molar-refractivity contribution in [3.8, 4) is 5.75 Å². The molecule has 4 aromatic carbocycles. The van der Waals surface area contributed by atoms with Gasteiger partial charge in [-0.3, -0.25) is 13.7 Å². The van der Waals surface area contributed by atoms with Gasteiger partial charge < -0.3 is 10.4 Å². The van der Waals surface area contributed by atoms with Gasteiger partial charge in [-0.15, -0.1) is 10.2 Å². The van der Waals surface area contributed by atoms with Crippen LogP contribution < -0.4 is 5.32 Å². The van der Waals surface area contributed by atoms with Gasteiger partial charge in [-0.05, 0) is 41.8 Å². The number of aromatic hydroxyl groups is 1. The minimum absolute atomic E-state index is 0.131. The zero-order chi connectivity index (χ0) is 27.3. The van der Waals surface area contributed by atoms with Crippen molar-refractivity contribution in [3.63, 3.8) is 0 Å². The molecule has 4 aromatic rings. The molecule has 37 heavy (non-hydrogen) atoms. The van der Waals surface area contributed by atoms with E-state index >= 15 is 0 Å². The number of phenolic OH excluding ortho intramolecular Hbond substituents is 1. The van der Waals surface area contributed by atoms with Crippen LogP contribution in [0.25, 0.3) is 21.5 Å². The molecule has 16 heteroatoms. The van der Waals surface area contributed by atoms with E-state index in [4.69, 9.17) is 0 Å². The Labute approximate surface area is 210 Å². The molecule has 0 aliphatic heterocycles. The fraction of sp³-hybridized carbons (Fsp3) is 0.0476. The molecule has 0 unspecified atom stereocenters. The monoisotopic (exact) mass is 567 g/mol. The number of fused-ring (bicyclic) bond motifs is 2. The van der Waals surface area contributed by atoms with E-state index in [0.29, 0.717) is 5.69 Å². The maximum Gasteiger partial charge on any atom is 0.297 e. The second-order valence-electron chi connectivity index (χ2n) is 7.65. The summed E-state index contributed by atoms with van der Waals surface area (Å²) in [5.41, 5.74) is -0.713. The smallest absolute Gasteiger partial charge is 0.297 e. The number of rotatable bonds is 6. The molecule has 4 rings (SSSR count). The summed E-state index contributed by atoms with van der Waals surface area (Å²) >= 11 is 0. The summed E-state index contributed by atoms with van der Waals surface area (Å²) in [4.78, 5) is -2.37. The van der Waals surface area contributed by atoms with Crippen molar-refractivity contribution in [2.24, 2.45) is 10.2 Å². The third kappa shape index (κ3) is 4.97. The number of azo groups is 1. The van der Waals surface area contributed by atoms with Crippen LogP contribution in [0.2, 0.25) is 0 Å². The minimum atomic E-state index is -5.09. The van der Waals surface area contributed by atoms with E-state index < -0.39 is 62.2 Å². The van der Waals surface area contributed by atoms with Gasteiger partial charge in [0, 0.05) is 28.9 Å². The maximum atomic E-state index is 12.2. The van der Waals surface area contributed by atoms with Crippen molar-refractivity contribution >= 4 is 69.0 Å². The molecule has 0 aliphatic rings. The molecule has 0 heterocycles. The summed E-state index contributed by atoms with van der Waals surface area (Å²) in [5, 5.41) is 20.7. The first-order valence-electron chi connectivity index (χ1n) is 10.0. The molecular formula is C21H17N3O10S3. The lowest BCUT2D eigenvalue weighted by molar-refractivity contribution is 0.472. The Morgan fingerprint density at radius 3 is 1.95 bits per heavy atom. The lowest BCUT2D eigenvalue weighted by Gasteiger charge is -2.11. The van der Waals surface area contributed by atoms with E-state index in [2.05, 4.69) is 15.5 Å². The predicted octanol–water partition coefficient (Wildman–Crippen LogP) is 3.90. The topological polar surface area (TPSA) is 220 Å². The summed E-state index contributed by atoms with van der Waals surface area (Å²) in [6, 6.07) is 10.9. The first-order valence-corrected chi connectivity index (χ1v) is 14.3. The molecule has 0 saturated carbocycles. The number of nitrogens with one attached hydrogen (secondary N) is 1. The Hall–Kier alpha value is -3.67. The molecule has 0 bridgehead atoms. The zero-order valence-corrected chi connectivity index (χ0v) is 21.0. The first-order chi connectivity index (χ1) is 17.1. The number of nitrogens with zero attached hydrogens (tertiary/aromatic N) is 2. The Balaban J connectivity index is 2.02. The Bertz CT molecular complexity index is 1950. The normalized spacial score (nSPS) is 13.0. The van der Waals surface area contributed by atoms with Gasteiger partial charge in [0.05, 0.1) is 0 Å². The van der Waals surface area contributed by atoms with Crippen molar-refractivity contribution < 1.29 is 44.0 Å². The predicted molar refractivity (Wildman–Crippen MR) is 133 cm³/mol. The Morgan fingerprint density at radius 1 is 0.703 bits per heavy atom. The fourth-order valence-electron chi connectivity index (χ4n) is 3.77. The van der Waals surface area contributed by atoms with Gasteiger partial charge in [0.15, 0.2) is 5.75 Å². The van der Waals surface area contributed by atoms with Crippen LogP contribution in [0.3, 0.4) is 0 Å². The summed E-state index contributed by atoms with van der Waals surface area (Å²) in [6.45, 7) is 0. The zero-order valence-electron chi connectivity index (χ0n) is 18.6. The largest absolute Gasteiger partial charge is 0.505 e. The molecule has 0 amide bonds. The molecule has 0 spiro atoms. The molecule has 0 aliphatic carbocycles. The first kappa shape index (κ1) is 26.4. The van der Waals surface area contributed by atoms with E-state index in [1.165, 1.54) is 12.1 Å². The van der Waals surface area contributed by atoms with Gasteiger partial charge in [-0.1, -0.05) is 18.2 Å². The molecule has 5 N–H and O–H groups in total. The molecule has 0 atom stereocenters. The van der Waals surface area contributed by atoms with E-state index in [1.807, 2.05) is 0 Å². The van der Waals surface area contributed by atoms with Gasteiger partial charge in [0.1, 0.15) is 26.1 Å². The van der Waals surface area contributed by atoms with Gasteiger partial charge in [0.25, 0.3) is 30.4 Å². The van der Waals surface area contributed by atoms with Crippen molar-refractivity contribution in [1.82, 2.24) is 0 Å². The highest BCUT2D eigenvalue weighted by molar-refractivity contribution is 7.86. The van der Waals surface area contributed by atoms with Gasteiger partial charge in [0.2, 0.25) is 0 Å². The van der Waals surface area contributed by atoms with Crippen LogP contribution in [0.15, 0.2) is 79.5 Å². The second-order valence-corrected chi connectivity index (χ2v) is 11.8. The summed E-state index contributed by atoms with van der Waals surface area (Å²) in [5.74, 6) is -0.695. The summed E-state index contributed by atoms with van der Waals surface area (Å²) < 4.78 is 101. The molecular weight excluding hydrogens is 550 g/mol. The van der Waals surface area contributed by atoms with Gasteiger partial charge in [-0.25, -0.2) is 0 Å². The van der Waals surface area contributed by atoms with Crippen LogP contribution in [-0.4, -0.2) is 51.1 Å². The lowest BCUT2D eigenvalue weighted by atomic mass is 10.1. The van der Waals surface area contributed by atoms with Crippen LogP contribution in [0.1, 0.15) is 0 Å². The highest BCUT2D eigenvalue weighted by atomic mass is 32.2. The van der Waals surface area contributed by atoms with Crippen LogP contribution in [0, 0.1) is 0 Å². The Morgan fingerprint density at radius 2 is 1.35 bits per heavy atom. The quantitative estimate of drug-likeness (QED) is 0.166. The lowest BCUT2D eigenvalue weighted by Crippen LogP contribution is -2.03. The number of hydrogen-bond donors (Lipinski definition) is 5. The van der Waals surface area contributed by atoms with Crippen LogP contribution in [0.4, 0.5) is 17.1 Å². The van der Waals surface area contributed by atoms with Crippen molar-refractivity contribution in [2.45, 2.75) is 14.7 Å². The van der Waals surface area contributed by atoms with Crippen molar-refractivity contribution in [2.75, 3.05) is 12.4 Å². The molecule has 0 aromatic heterocycles. The summed E-state index contributed by atoms with van der Waals surface area (Å²) in [6.07, 6.45) is 0. The third-order valence-corrected chi connectivity index (χ3v) is 8.09. The minimum Gasteiger partial charge on any atom is -0.505 e. The van der Waals surface area contributed by atoms with Crippen molar-refractivity contribution in [1.29, 1.82) is 0 Å². The number of phenols is 1. The third-order valence-electron chi connectivity index (χ3n) is 5.36. The Kier molecular flexibility index (Phi) is 6.43. The molecule has 0 fully saturated rings. The average Bonchev–Trinajstić information content (AvgIpc) is 2.80. The second kappa shape index (κ2) is 9.02. The van der Waals surface area contributed by atoms with Gasteiger partial charge in [-0.2, -0.15) is 25.3 Å². The SMILES string of the molecule is CNc1ccc2c(O)c(N=Nc3ccc4c(S(=O)(=O)O)cccc4c3S(=O)(=O)O)c(S(=O)(=O)O)cc2c1. The molecule has 13 nitrogen and oxygen atoms in total. The highest BCUT2D eigenvalue weighted by Gasteiger charge is 2.25. The standard InChI is InChI=1S/C21H17N3O10S3/c1-22-12-5-6-13-11(9-12)10-18(36(29,30)31)19(20(13)25)24-23-16-8-7-14-15(21(16)37(32,33)34)3-2-4-17(14)35(26,27)28/h2-10,22,25H,1H3,(H,26,27,28)(H,29,30,31)(H,32,33,34). The highest BCUT2D eigenvalue weighted by Crippen LogP contribution is 2.43. The van der Waals surface area contributed by atoms with E-state index in [9.17, 15) is 44.0 Å². The molecule has 194 valence electrons. The number of benzene rings is 4.